The molecule has 2 heterocycles. The van der Waals surface area contributed by atoms with E-state index < -0.39 is 0 Å². The number of rotatable bonds is 4. The van der Waals surface area contributed by atoms with Crippen molar-refractivity contribution in [3.63, 3.8) is 0 Å². The third kappa shape index (κ3) is 4.55. The average Bonchev–Trinajstić information content (AvgIpc) is 2.54. The van der Waals surface area contributed by atoms with Crippen molar-refractivity contribution in [3.8, 4) is 0 Å². The fraction of sp³-hybridized carbons (Fsp3) is 0.500. The normalized spacial score (nSPS) is 21.1. The van der Waals surface area contributed by atoms with Crippen LogP contribution in [0.15, 0.2) is 60.7 Å². The molecule has 0 N–H and O–H groups in total. The highest BCUT2D eigenvalue weighted by molar-refractivity contribution is 5.23. The SMILES string of the molecule is CC(C)N1CC(c2ccccc2)C1.CC(C)N1CCC1c1ccccc1. The highest BCUT2D eigenvalue weighted by Gasteiger charge is 2.30. The van der Waals surface area contributed by atoms with Gasteiger partial charge in [0.1, 0.15) is 0 Å². The van der Waals surface area contributed by atoms with E-state index in [1.54, 1.807) is 0 Å². The van der Waals surface area contributed by atoms with Crippen LogP contribution >= 0.6 is 0 Å². The fourth-order valence-corrected chi connectivity index (χ4v) is 3.93. The van der Waals surface area contributed by atoms with Gasteiger partial charge in [0, 0.05) is 43.7 Å². The summed E-state index contributed by atoms with van der Waals surface area (Å²) in [5.41, 5.74) is 2.97. The van der Waals surface area contributed by atoms with Gasteiger partial charge in [-0.25, -0.2) is 0 Å². The molecule has 0 amide bonds. The standard InChI is InChI=1S/2C12H17N/c1-10(2)13-8-12(9-13)11-6-4-3-5-7-11;1-10(2)13-9-8-12(13)11-6-4-3-5-7-11/h2*3-7,10,12H,8-9H2,1-2H3. The zero-order valence-electron chi connectivity index (χ0n) is 16.8. The predicted molar refractivity (Wildman–Crippen MR) is 112 cm³/mol. The number of hydrogen-bond acceptors (Lipinski definition) is 2. The lowest BCUT2D eigenvalue weighted by molar-refractivity contribution is 0.0560. The third-order valence-electron chi connectivity index (χ3n) is 5.82. The molecule has 1 unspecified atom stereocenters. The Morgan fingerprint density at radius 1 is 0.731 bits per heavy atom. The molecule has 2 saturated heterocycles. The van der Waals surface area contributed by atoms with Crippen molar-refractivity contribution < 1.29 is 0 Å². The topological polar surface area (TPSA) is 6.48 Å². The highest BCUT2D eigenvalue weighted by atomic mass is 15.2. The Morgan fingerprint density at radius 3 is 1.69 bits per heavy atom. The van der Waals surface area contributed by atoms with E-state index in [9.17, 15) is 0 Å². The average molecular weight is 351 g/mol. The van der Waals surface area contributed by atoms with Crippen LogP contribution in [0.25, 0.3) is 0 Å². The van der Waals surface area contributed by atoms with Gasteiger partial charge in [0.15, 0.2) is 0 Å². The monoisotopic (exact) mass is 350 g/mol. The fourth-order valence-electron chi connectivity index (χ4n) is 3.93. The van der Waals surface area contributed by atoms with Crippen LogP contribution in [0.4, 0.5) is 0 Å². The summed E-state index contributed by atoms with van der Waals surface area (Å²) in [4.78, 5) is 5.06. The van der Waals surface area contributed by atoms with Crippen LogP contribution in [-0.2, 0) is 0 Å². The second-order valence-corrected chi connectivity index (χ2v) is 8.20. The summed E-state index contributed by atoms with van der Waals surface area (Å²) in [6, 6.07) is 23.7. The molecule has 140 valence electrons. The third-order valence-corrected chi connectivity index (χ3v) is 5.82. The van der Waals surface area contributed by atoms with Gasteiger partial charge in [0.25, 0.3) is 0 Å². The van der Waals surface area contributed by atoms with Crippen LogP contribution in [-0.4, -0.2) is 41.5 Å². The quantitative estimate of drug-likeness (QED) is 0.735. The van der Waals surface area contributed by atoms with Crippen LogP contribution in [0.1, 0.15) is 57.2 Å². The number of hydrogen-bond donors (Lipinski definition) is 0. The molecule has 0 saturated carbocycles. The molecule has 2 aromatic carbocycles. The van der Waals surface area contributed by atoms with Gasteiger partial charge in [-0.15, -0.1) is 0 Å². The van der Waals surface area contributed by atoms with E-state index >= 15 is 0 Å². The van der Waals surface area contributed by atoms with Gasteiger partial charge in [-0.1, -0.05) is 60.7 Å². The molecule has 0 spiro atoms. The minimum atomic E-state index is 0.680. The molecule has 2 aromatic rings. The molecule has 2 nitrogen and oxygen atoms in total. The summed E-state index contributed by atoms with van der Waals surface area (Å²) in [5.74, 6) is 0.781. The summed E-state index contributed by atoms with van der Waals surface area (Å²) >= 11 is 0. The summed E-state index contributed by atoms with van der Waals surface area (Å²) in [7, 11) is 0. The summed E-state index contributed by atoms with van der Waals surface area (Å²) in [6.07, 6.45) is 1.32. The van der Waals surface area contributed by atoms with Crippen LogP contribution < -0.4 is 0 Å². The molecule has 1 atom stereocenters. The second kappa shape index (κ2) is 8.83. The number of nitrogens with zero attached hydrogens (tertiary/aromatic N) is 2. The van der Waals surface area contributed by atoms with Crippen LogP contribution in [0.3, 0.4) is 0 Å². The molecule has 0 aliphatic carbocycles. The van der Waals surface area contributed by atoms with Gasteiger partial charge in [-0.05, 0) is 45.2 Å². The minimum absolute atomic E-state index is 0.680. The van der Waals surface area contributed by atoms with Crippen molar-refractivity contribution >= 4 is 0 Å². The van der Waals surface area contributed by atoms with E-state index in [0.717, 1.165) is 5.92 Å². The van der Waals surface area contributed by atoms with Gasteiger partial charge in [0.2, 0.25) is 0 Å². The first-order valence-corrected chi connectivity index (χ1v) is 10.2. The Kier molecular flexibility index (Phi) is 6.50. The minimum Gasteiger partial charge on any atom is -0.300 e. The first kappa shape index (κ1) is 19.1. The molecule has 0 radical (unpaired) electrons. The maximum atomic E-state index is 2.55. The molecule has 4 rings (SSSR count). The Balaban J connectivity index is 0.000000151. The molecule has 2 fully saturated rings. The zero-order valence-corrected chi connectivity index (χ0v) is 16.8. The Labute approximate surface area is 159 Å². The lowest BCUT2D eigenvalue weighted by Crippen LogP contribution is -2.48. The van der Waals surface area contributed by atoms with Crippen molar-refractivity contribution in [3.05, 3.63) is 71.8 Å². The molecule has 0 aromatic heterocycles. The molecular formula is C24H34N2. The van der Waals surface area contributed by atoms with Gasteiger partial charge in [0.05, 0.1) is 0 Å². The van der Waals surface area contributed by atoms with E-state index in [-0.39, 0.29) is 0 Å². The Hall–Kier alpha value is -1.64. The molecule has 2 heteroatoms. The molecular weight excluding hydrogens is 316 g/mol. The van der Waals surface area contributed by atoms with Crippen molar-refractivity contribution in [2.45, 2.75) is 58.2 Å². The van der Waals surface area contributed by atoms with E-state index in [1.807, 2.05) is 0 Å². The van der Waals surface area contributed by atoms with Crippen molar-refractivity contribution in [1.29, 1.82) is 0 Å². The molecule has 2 aliphatic heterocycles. The van der Waals surface area contributed by atoms with Gasteiger partial charge in [-0.3, -0.25) is 9.80 Å². The van der Waals surface area contributed by atoms with Gasteiger partial charge >= 0.3 is 0 Å². The predicted octanol–water partition coefficient (Wildman–Crippen LogP) is 5.34. The smallest absolute Gasteiger partial charge is 0.0363 e. The summed E-state index contributed by atoms with van der Waals surface area (Å²) in [5, 5.41) is 0. The second-order valence-electron chi connectivity index (χ2n) is 8.20. The van der Waals surface area contributed by atoms with E-state index in [1.165, 1.54) is 37.2 Å². The van der Waals surface area contributed by atoms with E-state index in [2.05, 4.69) is 98.2 Å². The largest absolute Gasteiger partial charge is 0.300 e. The first-order valence-electron chi connectivity index (χ1n) is 10.2. The molecule has 26 heavy (non-hydrogen) atoms. The summed E-state index contributed by atoms with van der Waals surface area (Å²) < 4.78 is 0. The first-order chi connectivity index (χ1) is 12.6. The van der Waals surface area contributed by atoms with E-state index in [4.69, 9.17) is 0 Å². The Morgan fingerprint density at radius 2 is 1.27 bits per heavy atom. The Bertz CT molecular complexity index is 644. The molecule has 0 bridgehead atoms. The number of likely N-dealkylation sites (tertiary alicyclic amines) is 2. The van der Waals surface area contributed by atoms with Crippen LogP contribution in [0, 0.1) is 0 Å². The maximum Gasteiger partial charge on any atom is 0.0363 e. The van der Waals surface area contributed by atoms with Crippen LogP contribution in [0.5, 0.6) is 0 Å². The number of benzene rings is 2. The lowest BCUT2D eigenvalue weighted by Gasteiger charge is -2.44. The maximum absolute atomic E-state index is 2.55. The van der Waals surface area contributed by atoms with Crippen molar-refractivity contribution in [1.82, 2.24) is 9.80 Å². The van der Waals surface area contributed by atoms with Crippen LogP contribution in [0.2, 0.25) is 0 Å². The molecule has 2 aliphatic rings. The zero-order chi connectivity index (χ0) is 18.5. The van der Waals surface area contributed by atoms with Gasteiger partial charge < -0.3 is 0 Å². The van der Waals surface area contributed by atoms with Gasteiger partial charge in [-0.2, -0.15) is 0 Å². The van der Waals surface area contributed by atoms with E-state index in [0.29, 0.717) is 18.1 Å². The lowest BCUT2D eigenvalue weighted by atomic mass is 9.90. The summed E-state index contributed by atoms with van der Waals surface area (Å²) in [6.45, 7) is 12.8. The van der Waals surface area contributed by atoms with Crippen molar-refractivity contribution in [2.24, 2.45) is 0 Å². The highest BCUT2D eigenvalue weighted by Crippen LogP contribution is 2.34. The van der Waals surface area contributed by atoms with Crippen molar-refractivity contribution in [2.75, 3.05) is 19.6 Å².